The van der Waals surface area contributed by atoms with Gasteiger partial charge in [0.05, 0.1) is 39.9 Å². The van der Waals surface area contributed by atoms with Gasteiger partial charge in [0.25, 0.3) is 0 Å². The van der Waals surface area contributed by atoms with Gasteiger partial charge < -0.3 is 19.8 Å². The van der Waals surface area contributed by atoms with Gasteiger partial charge in [0, 0.05) is 6.42 Å². The molecule has 0 saturated heterocycles. The smallest absolute Gasteiger partial charge is 0.387 e. The van der Waals surface area contributed by atoms with Crippen molar-refractivity contribution in [2.75, 3.05) is 40.9 Å². The van der Waals surface area contributed by atoms with Crippen LogP contribution < -0.4 is 5.32 Å². The Labute approximate surface area is 390 Å². The number of aliphatic hydroxyl groups excluding tert-OH is 1. The summed E-state index contributed by atoms with van der Waals surface area (Å²) in [6, 6.07) is -0.846. The van der Waals surface area contributed by atoms with E-state index >= 15 is 0 Å². The van der Waals surface area contributed by atoms with Gasteiger partial charge in [-0.25, -0.2) is 4.57 Å². The lowest BCUT2D eigenvalue weighted by Gasteiger charge is -2.25. The van der Waals surface area contributed by atoms with E-state index in [-0.39, 0.29) is 19.1 Å². The van der Waals surface area contributed by atoms with Crippen LogP contribution in [0.5, 0.6) is 0 Å². The molecule has 3 N–H and O–H groups in total. The third kappa shape index (κ3) is 48.2. The molecule has 0 spiro atoms. The maximum atomic E-state index is 12.9. The Morgan fingerprint density at radius 3 is 1.32 bits per heavy atom. The number of likely N-dealkylation sites (N-methyl/N-ethyl adjacent to an activating group) is 1. The fourth-order valence-corrected chi connectivity index (χ4v) is 8.31. The number of rotatable bonds is 48. The zero-order valence-corrected chi connectivity index (χ0v) is 43.0. The molecule has 3 atom stereocenters. The quantitative estimate of drug-likeness (QED) is 0.0243. The van der Waals surface area contributed by atoms with Crippen molar-refractivity contribution in [3.63, 3.8) is 0 Å². The number of carbonyl (C=O) groups excluding carboxylic acids is 1. The van der Waals surface area contributed by atoms with Crippen LogP contribution in [0.3, 0.4) is 0 Å². The number of amides is 1. The van der Waals surface area contributed by atoms with E-state index in [0.29, 0.717) is 17.4 Å². The van der Waals surface area contributed by atoms with Crippen LogP contribution in [-0.2, 0) is 18.4 Å². The number of nitrogens with one attached hydrogen (secondary N) is 1. The van der Waals surface area contributed by atoms with Gasteiger partial charge in [-0.05, 0) is 57.8 Å². The molecule has 0 fully saturated rings. The first-order valence-electron chi connectivity index (χ1n) is 26.5. The van der Waals surface area contributed by atoms with Crippen molar-refractivity contribution < 1.29 is 32.9 Å². The van der Waals surface area contributed by atoms with E-state index in [1.165, 1.54) is 167 Å². The second-order valence-corrected chi connectivity index (χ2v) is 20.7. The maximum Gasteiger partial charge on any atom is 0.472 e. The fraction of sp³-hybridized carbons (Fsp3) is 0.833. The minimum Gasteiger partial charge on any atom is -0.387 e. The predicted octanol–water partition coefficient (Wildman–Crippen LogP) is 15.6. The van der Waals surface area contributed by atoms with E-state index in [1.807, 2.05) is 27.2 Å². The molecule has 0 aliphatic carbocycles. The molecule has 3 unspecified atom stereocenters. The predicted molar refractivity (Wildman–Crippen MR) is 272 cm³/mol. The van der Waals surface area contributed by atoms with Crippen molar-refractivity contribution in [3.05, 3.63) is 48.6 Å². The second-order valence-electron chi connectivity index (χ2n) is 19.3. The van der Waals surface area contributed by atoms with E-state index in [2.05, 4.69) is 55.6 Å². The van der Waals surface area contributed by atoms with Gasteiger partial charge in [0.15, 0.2) is 0 Å². The first-order chi connectivity index (χ1) is 30.5. The van der Waals surface area contributed by atoms with E-state index in [9.17, 15) is 19.4 Å². The normalized spacial score (nSPS) is 14.5. The van der Waals surface area contributed by atoms with Gasteiger partial charge in [-0.2, -0.15) is 0 Å². The molecule has 8 nitrogen and oxygen atoms in total. The van der Waals surface area contributed by atoms with Crippen LogP contribution in [0.25, 0.3) is 0 Å². The Morgan fingerprint density at radius 1 is 0.540 bits per heavy atom. The molecule has 1 amide bonds. The summed E-state index contributed by atoms with van der Waals surface area (Å²) in [5.41, 5.74) is 0. The van der Waals surface area contributed by atoms with Crippen LogP contribution in [0, 0.1) is 0 Å². The minimum atomic E-state index is -4.34. The summed E-state index contributed by atoms with van der Waals surface area (Å²) in [5, 5.41) is 13.9. The van der Waals surface area contributed by atoms with Crippen LogP contribution in [-0.4, -0.2) is 73.4 Å². The second kappa shape index (κ2) is 45.6. The number of hydrogen-bond donors (Lipinski definition) is 3. The van der Waals surface area contributed by atoms with Crippen LogP contribution >= 0.6 is 7.82 Å². The highest BCUT2D eigenvalue weighted by molar-refractivity contribution is 7.47. The van der Waals surface area contributed by atoms with E-state index in [0.717, 1.165) is 51.4 Å². The SMILES string of the molecule is CCCCCCC/C=C\C/C=C\C/C=C\CCCCCCCCCCCCCCCCC(=O)NC(COP(=O)(O)OCC[N+](C)(C)C)C(O)/C=C/CCCCCCCCCCCC. The molecule has 0 aromatic carbocycles. The third-order valence-electron chi connectivity index (χ3n) is 11.8. The van der Waals surface area contributed by atoms with Crippen LogP contribution in [0.1, 0.15) is 239 Å². The largest absolute Gasteiger partial charge is 0.472 e. The molecule has 0 saturated carbocycles. The molecule has 0 aliphatic heterocycles. The summed E-state index contributed by atoms with van der Waals surface area (Å²) < 4.78 is 23.6. The van der Waals surface area contributed by atoms with Crippen molar-refractivity contribution in [3.8, 4) is 0 Å². The Bertz CT molecular complexity index is 1170. The Morgan fingerprint density at radius 2 is 0.905 bits per heavy atom. The van der Waals surface area contributed by atoms with E-state index in [4.69, 9.17) is 9.05 Å². The molecule has 0 bridgehead atoms. The summed E-state index contributed by atoms with van der Waals surface area (Å²) in [4.78, 5) is 23.2. The highest BCUT2D eigenvalue weighted by Gasteiger charge is 2.27. The lowest BCUT2D eigenvalue weighted by atomic mass is 10.0. The molecular formula is C54H104N2O6P+. The fourth-order valence-electron chi connectivity index (χ4n) is 7.58. The molecule has 0 aromatic rings. The highest BCUT2D eigenvalue weighted by Crippen LogP contribution is 2.43. The molecule has 0 rings (SSSR count). The molecule has 0 aliphatic rings. The zero-order chi connectivity index (χ0) is 46.4. The van der Waals surface area contributed by atoms with Crippen LogP contribution in [0.15, 0.2) is 48.6 Å². The molecule has 0 heterocycles. The van der Waals surface area contributed by atoms with Gasteiger partial charge in [0.1, 0.15) is 13.2 Å². The Hall–Kier alpha value is -1.54. The Kier molecular flexibility index (Phi) is 44.5. The van der Waals surface area contributed by atoms with Crippen molar-refractivity contribution in [2.45, 2.75) is 251 Å². The average Bonchev–Trinajstić information content (AvgIpc) is 3.24. The van der Waals surface area contributed by atoms with Crippen molar-refractivity contribution in [1.82, 2.24) is 5.32 Å². The Balaban J connectivity index is 4.12. The number of aliphatic hydroxyl groups is 1. The summed E-state index contributed by atoms with van der Waals surface area (Å²) in [5.74, 6) is -0.179. The minimum absolute atomic E-state index is 0.0610. The highest BCUT2D eigenvalue weighted by atomic mass is 31.2. The number of hydrogen-bond acceptors (Lipinski definition) is 5. The molecular weight excluding hydrogens is 804 g/mol. The average molecular weight is 908 g/mol. The first-order valence-corrected chi connectivity index (χ1v) is 28.0. The zero-order valence-electron chi connectivity index (χ0n) is 42.1. The van der Waals surface area contributed by atoms with Crippen molar-refractivity contribution >= 4 is 13.7 Å². The third-order valence-corrected chi connectivity index (χ3v) is 12.8. The van der Waals surface area contributed by atoms with E-state index < -0.39 is 20.0 Å². The topological polar surface area (TPSA) is 105 Å². The number of carbonyl (C=O) groups is 1. The van der Waals surface area contributed by atoms with Gasteiger partial charge in [-0.15, -0.1) is 0 Å². The van der Waals surface area contributed by atoms with Gasteiger partial charge in [-0.1, -0.05) is 223 Å². The number of unbranched alkanes of at least 4 members (excludes halogenated alkanes) is 29. The number of nitrogens with zero attached hydrogens (tertiary/aromatic N) is 1. The summed E-state index contributed by atoms with van der Waals surface area (Å²) in [6.45, 7) is 4.80. The van der Waals surface area contributed by atoms with Crippen molar-refractivity contribution in [1.29, 1.82) is 0 Å². The monoisotopic (exact) mass is 908 g/mol. The molecule has 0 radical (unpaired) electrons. The number of allylic oxidation sites excluding steroid dienone is 7. The summed E-state index contributed by atoms with van der Waals surface area (Å²) in [6.07, 6.45) is 59.1. The van der Waals surface area contributed by atoms with Gasteiger partial charge >= 0.3 is 7.82 Å². The molecule has 9 heteroatoms. The number of quaternary nitrogens is 1. The number of phosphoric ester groups is 1. The summed E-state index contributed by atoms with van der Waals surface area (Å²) >= 11 is 0. The van der Waals surface area contributed by atoms with E-state index in [1.54, 1.807) is 6.08 Å². The molecule has 63 heavy (non-hydrogen) atoms. The first kappa shape index (κ1) is 61.5. The van der Waals surface area contributed by atoms with Crippen LogP contribution in [0.4, 0.5) is 0 Å². The lowest BCUT2D eigenvalue weighted by molar-refractivity contribution is -0.870. The van der Waals surface area contributed by atoms with Crippen LogP contribution in [0.2, 0.25) is 0 Å². The standard InChI is InChI=1S/C54H103N2O6P/c1-6-8-10-12-14-16-18-20-21-22-23-24-25-26-27-28-29-30-31-32-33-34-35-36-38-40-42-44-46-48-54(58)55-52(51-62-63(59,60)61-50-49-56(3,4)5)53(57)47-45-43-41-39-37-19-17-15-13-11-9-7-2/h18,20,22-23,25-26,45,47,52-53,57H,6-17,19,21,24,27-44,46,48-51H2,1-5H3,(H-,55,58,59,60)/p+1/b20-18-,23-22-,26-25-,47-45+. The van der Waals surface area contributed by atoms with Crippen molar-refractivity contribution in [2.24, 2.45) is 0 Å². The van der Waals surface area contributed by atoms with Gasteiger partial charge in [0.2, 0.25) is 5.91 Å². The van der Waals surface area contributed by atoms with Gasteiger partial charge in [-0.3, -0.25) is 13.8 Å². The maximum absolute atomic E-state index is 12.9. The summed E-state index contributed by atoms with van der Waals surface area (Å²) in [7, 11) is 1.57. The molecule has 0 aromatic heterocycles. The molecule has 370 valence electrons. The number of phosphoric acid groups is 1. The lowest BCUT2D eigenvalue weighted by Crippen LogP contribution is -2.45.